The molecule has 2 N–H and O–H groups in total. The molecule has 21 heavy (non-hydrogen) atoms. The standard InChI is InChI=1S/C15H24N2O3S/c1-4-7-17(8-5-2)15(19)13-11(10-21-14(13)16)9-12(18)20-6-3/h10H,4-9,16H2,1-3H3. The third-order valence-corrected chi connectivity index (χ3v) is 3.88. The quantitative estimate of drug-likeness (QED) is 0.749. The first-order chi connectivity index (χ1) is 10.0. The van der Waals surface area contributed by atoms with Crippen LogP contribution in [0.4, 0.5) is 5.00 Å². The number of carbonyl (C=O) groups is 2. The number of anilines is 1. The highest BCUT2D eigenvalue weighted by Crippen LogP contribution is 2.27. The molecule has 1 aromatic rings. The van der Waals surface area contributed by atoms with Gasteiger partial charge in [0.15, 0.2) is 0 Å². The Morgan fingerprint density at radius 2 is 1.86 bits per heavy atom. The molecule has 0 atom stereocenters. The van der Waals surface area contributed by atoms with Crippen LogP contribution in [0.25, 0.3) is 0 Å². The van der Waals surface area contributed by atoms with Crippen LogP contribution < -0.4 is 5.73 Å². The molecule has 0 aliphatic carbocycles. The Bertz CT molecular complexity index is 479. The van der Waals surface area contributed by atoms with Crippen LogP contribution in [0.1, 0.15) is 49.5 Å². The van der Waals surface area contributed by atoms with E-state index in [0.29, 0.717) is 35.8 Å². The van der Waals surface area contributed by atoms with Crippen LogP contribution in [0.3, 0.4) is 0 Å². The molecule has 0 aromatic carbocycles. The maximum Gasteiger partial charge on any atom is 0.310 e. The van der Waals surface area contributed by atoms with E-state index in [9.17, 15) is 9.59 Å². The van der Waals surface area contributed by atoms with Gasteiger partial charge in [-0.1, -0.05) is 13.8 Å². The first kappa shape index (κ1) is 17.5. The third-order valence-electron chi connectivity index (χ3n) is 3.02. The average Bonchev–Trinajstić information content (AvgIpc) is 2.79. The molecule has 0 fully saturated rings. The van der Waals surface area contributed by atoms with E-state index in [2.05, 4.69) is 0 Å². The summed E-state index contributed by atoms with van der Waals surface area (Å²) in [6.07, 6.45) is 1.88. The third kappa shape index (κ3) is 4.74. The summed E-state index contributed by atoms with van der Waals surface area (Å²) in [6, 6.07) is 0. The Balaban J connectivity index is 2.96. The lowest BCUT2D eigenvalue weighted by Gasteiger charge is -2.22. The van der Waals surface area contributed by atoms with Crippen LogP contribution in [-0.4, -0.2) is 36.5 Å². The predicted molar refractivity (Wildman–Crippen MR) is 85.6 cm³/mol. The van der Waals surface area contributed by atoms with Crippen LogP contribution in [0.2, 0.25) is 0 Å². The predicted octanol–water partition coefficient (Wildman–Crippen LogP) is 2.70. The van der Waals surface area contributed by atoms with Crippen LogP contribution in [0.5, 0.6) is 0 Å². The fourth-order valence-corrected chi connectivity index (χ4v) is 2.97. The van der Waals surface area contributed by atoms with Gasteiger partial charge in [-0.05, 0) is 30.7 Å². The van der Waals surface area contributed by atoms with Crippen molar-refractivity contribution in [3.05, 3.63) is 16.5 Å². The first-order valence-electron chi connectivity index (χ1n) is 7.35. The number of ether oxygens (including phenoxy) is 1. The van der Waals surface area contributed by atoms with Gasteiger partial charge < -0.3 is 15.4 Å². The Labute approximate surface area is 130 Å². The molecule has 1 amide bonds. The van der Waals surface area contributed by atoms with E-state index < -0.39 is 0 Å². The summed E-state index contributed by atoms with van der Waals surface area (Å²) in [5, 5.41) is 2.24. The van der Waals surface area contributed by atoms with E-state index in [1.165, 1.54) is 11.3 Å². The van der Waals surface area contributed by atoms with Crippen molar-refractivity contribution in [3.8, 4) is 0 Å². The van der Waals surface area contributed by atoms with Crippen LogP contribution in [0, 0.1) is 0 Å². The average molecular weight is 312 g/mol. The smallest absolute Gasteiger partial charge is 0.310 e. The number of hydrogen-bond donors (Lipinski definition) is 1. The van der Waals surface area contributed by atoms with Gasteiger partial charge in [0.25, 0.3) is 5.91 Å². The summed E-state index contributed by atoms with van der Waals surface area (Å²) in [5.41, 5.74) is 7.07. The number of rotatable bonds is 8. The van der Waals surface area contributed by atoms with Gasteiger partial charge in [0.2, 0.25) is 0 Å². The van der Waals surface area contributed by atoms with E-state index in [1.807, 2.05) is 13.8 Å². The van der Waals surface area contributed by atoms with Gasteiger partial charge in [0, 0.05) is 13.1 Å². The molecule has 6 heteroatoms. The monoisotopic (exact) mass is 312 g/mol. The maximum absolute atomic E-state index is 12.7. The highest BCUT2D eigenvalue weighted by molar-refractivity contribution is 7.14. The van der Waals surface area contributed by atoms with Gasteiger partial charge >= 0.3 is 5.97 Å². The number of nitrogens with zero attached hydrogens (tertiary/aromatic N) is 1. The number of nitrogen functional groups attached to an aromatic ring is 1. The van der Waals surface area contributed by atoms with E-state index >= 15 is 0 Å². The number of nitrogens with two attached hydrogens (primary N) is 1. The normalized spacial score (nSPS) is 10.4. The van der Waals surface area contributed by atoms with Crippen LogP contribution >= 0.6 is 11.3 Å². The summed E-state index contributed by atoms with van der Waals surface area (Å²) < 4.78 is 4.95. The summed E-state index contributed by atoms with van der Waals surface area (Å²) >= 11 is 1.30. The molecule has 118 valence electrons. The second-order valence-electron chi connectivity index (χ2n) is 4.77. The molecule has 0 spiro atoms. The van der Waals surface area contributed by atoms with Gasteiger partial charge in [0.1, 0.15) is 0 Å². The molecule has 0 aliphatic heterocycles. The molecule has 1 rings (SSSR count). The minimum atomic E-state index is -0.332. The number of hydrogen-bond acceptors (Lipinski definition) is 5. The van der Waals surface area contributed by atoms with Crippen molar-refractivity contribution in [2.75, 3.05) is 25.4 Å². The van der Waals surface area contributed by atoms with Crippen molar-refractivity contribution in [3.63, 3.8) is 0 Å². The van der Waals surface area contributed by atoms with Gasteiger partial charge in [-0.2, -0.15) is 0 Å². The summed E-state index contributed by atoms with van der Waals surface area (Å²) in [7, 11) is 0. The topological polar surface area (TPSA) is 72.6 Å². The number of amides is 1. The Hall–Kier alpha value is -1.56. The number of thiophene rings is 1. The molecule has 1 aromatic heterocycles. The molecule has 5 nitrogen and oxygen atoms in total. The largest absolute Gasteiger partial charge is 0.466 e. The fourth-order valence-electron chi connectivity index (χ4n) is 2.16. The van der Waals surface area contributed by atoms with Crippen molar-refractivity contribution in [1.82, 2.24) is 4.90 Å². The van der Waals surface area contributed by atoms with Crippen LogP contribution in [0.15, 0.2) is 5.38 Å². The zero-order chi connectivity index (χ0) is 15.8. The lowest BCUT2D eigenvalue weighted by atomic mass is 10.1. The molecule has 0 bridgehead atoms. The Kier molecular flexibility index (Phi) is 7.22. The minimum Gasteiger partial charge on any atom is -0.466 e. The highest BCUT2D eigenvalue weighted by Gasteiger charge is 2.23. The second-order valence-corrected chi connectivity index (χ2v) is 5.69. The lowest BCUT2D eigenvalue weighted by Crippen LogP contribution is -2.33. The lowest BCUT2D eigenvalue weighted by molar-refractivity contribution is -0.142. The zero-order valence-electron chi connectivity index (χ0n) is 13.0. The Morgan fingerprint density at radius 3 is 2.38 bits per heavy atom. The van der Waals surface area contributed by atoms with Crippen LogP contribution in [-0.2, 0) is 16.0 Å². The maximum atomic E-state index is 12.7. The molecule has 0 saturated carbocycles. The van der Waals surface area contributed by atoms with Gasteiger partial charge in [-0.15, -0.1) is 11.3 Å². The minimum absolute atomic E-state index is 0.0863. The Morgan fingerprint density at radius 1 is 1.24 bits per heavy atom. The van der Waals surface area contributed by atoms with E-state index in [4.69, 9.17) is 10.5 Å². The molecule has 0 radical (unpaired) electrons. The number of carbonyl (C=O) groups excluding carboxylic acids is 2. The zero-order valence-corrected chi connectivity index (χ0v) is 13.8. The first-order valence-corrected chi connectivity index (χ1v) is 8.23. The summed E-state index contributed by atoms with van der Waals surface area (Å²) in [5.74, 6) is -0.418. The van der Waals surface area contributed by atoms with Crippen molar-refractivity contribution in [2.45, 2.75) is 40.0 Å². The molecule has 1 heterocycles. The van der Waals surface area contributed by atoms with E-state index in [-0.39, 0.29) is 18.3 Å². The molecule has 0 saturated heterocycles. The fraction of sp³-hybridized carbons (Fsp3) is 0.600. The SMILES string of the molecule is CCCN(CCC)C(=O)c1c(CC(=O)OCC)csc1N. The van der Waals surface area contributed by atoms with Crippen molar-refractivity contribution in [2.24, 2.45) is 0 Å². The molecular formula is C15H24N2O3S. The second kappa shape index (κ2) is 8.67. The molecular weight excluding hydrogens is 288 g/mol. The highest BCUT2D eigenvalue weighted by atomic mass is 32.1. The van der Waals surface area contributed by atoms with Crippen molar-refractivity contribution >= 4 is 28.2 Å². The summed E-state index contributed by atoms with van der Waals surface area (Å²) in [6.45, 7) is 7.55. The molecule has 0 unspecified atom stereocenters. The van der Waals surface area contributed by atoms with Crippen molar-refractivity contribution in [1.29, 1.82) is 0 Å². The van der Waals surface area contributed by atoms with E-state index in [1.54, 1.807) is 17.2 Å². The van der Waals surface area contributed by atoms with Gasteiger partial charge in [-0.25, -0.2) is 0 Å². The van der Waals surface area contributed by atoms with Gasteiger partial charge in [-0.3, -0.25) is 9.59 Å². The van der Waals surface area contributed by atoms with Gasteiger partial charge in [0.05, 0.1) is 23.6 Å². The number of esters is 1. The van der Waals surface area contributed by atoms with Crippen molar-refractivity contribution < 1.29 is 14.3 Å². The molecule has 0 aliphatic rings. The van der Waals surface area contributed by atoms with E-state index in [0.717, 1.165) is 12.8 Å². The summed E-state index contributed by atoms with van der Waals surface area (Å²) in [4.78, 5) is 26.1.